The number of nitrogens with zero attached hydrogens (tertiary/aromatic N) is 2. The minimum atomic E-state index is -0.310. The van der Waals surface area contributed by atoms with Crippen molar-refractivity contribution in [3.05, 3.63) is 64.1 Å². The fraction of sp³-hybridized carbons (Fsp3) is 0.176. The van der Waals surface area contributed by atoms with E-state index in [0.29, 0.717) is 12.3 Å². The summed E-state index contributed by atoms with van der Waals surface area (Å²) in [6.07, 6.45) is 0. The number of hydrogen-bond donors (Lipinski definition) is 1. The minimum absolute atomic E-state index is 0.310. The minimum Gasteiger partial charge on any atom is -0.408 e. The van der Waals surface area contributed by atoms with E-state index in [4.69, 9.17) is 4.42 Å². The maximum absolute atomic E-state index is 12.0. The van der Waals surface area contributed by atoms with E-state index < -0.39 is 0 Å². The number of oxazole rings is 1. The molecule has 2 aromatic carbocycles. The first-order chi connectivity index (χ1) is 11.2. The fourth-order valence-corrected chi connectivity index (χ4v) is 3.82. The van der Waals surface area contributed by atoms with Gasteiger partial charge in [0.25, 0.3) is 0 Å². The van der Waals surface area contributed by atoms with Crippen LogP contribution in [0.25, 0.3) is 21.3 Å². The second kappa shape index (κ2) is 5.64. The third-order valence-electron chi connectivity index (χ3n) is 3.79. The monoisotopic (exact) mass is 326 g/mol. The third-order valence-corrected chi connectivity index (χ3v) is 4.83. The Morgan fingerprint density at radius 2 is 1.96 bits per heavy atom. The Morgan fingerprint density at radius 1 is 1.17 bits per heavy atom. The molecule has 0 spiro atoms. The number of hydrogen-bond acceptors (Lipinski definition) is 4. The zero-order chi connectivity index (χ0) is 15.8. The van der Waals surface area contributed by atoms with Crippen molar-refractivity contribution in [1.29, 1.82) is 0 Å². The molecule has 4 rings (SSSR count). The van der Waals surface area contributed by atoms with Crippen molar-refractivity contribution in [3.8, 4) is 0 Å². The molecule has 2 aromatic heterocycles. The molecule has 0 bridgehead atoms. The van der Waals surface area contributed by atoms with Crippen molar-refractivity contribution in [1.82, 2.24) is 9.55 Å². The fourth-order valence-electron chi connectivity index (χ4n) is 2.74. The zero-order valence-corrected chi connectivity index (χ0v) is 13.5. The number of rotatable bonds is 4. The van der Waals surface area contributed by atoms with E-state index in [1.165, 1.54) is 9.60 Å². The van der Waals surface area contributed by atoms with Gasteiger partial charge in [0.2, 0.25) is 0 Å². The molecule has 1 unspecified atom stereocenters. The van der Waals surface area contributed by atoms with Crippen LogP contribution < -0.4 is 10.7 Å². The SMILES string of the molecule is C[NH+](Cc1nc2ccccc2s1)Cn1c(=O)oc2ccccc21. The Bertz CT molecular complexity index is 998. The smallest absolute Gasteiger partial charge is 0.408 e. The number of quaternary nitrogens is 1. The maximum atomic E-state index is 12.0. The lowest BCUT2D eigenvalue weighted by molar-refractivity contribution is -0.916. The molecule has 4 aromatic rings. The summed E-state index contributed by atoms with van der Waals surface area (Å²) in [7, 11) is 2.06. The summed E-state index contributed by atoms with van der Waals surface area (Å²) in [5.74, 6) is -0.310. The van der Waals surface area contributed by atoms with Crippen molar-refractivity contribution >= 4 is 32.7 Å². The van der Waals surface area contributed by atoms with E-state index in [2.05, 4.69) is 18.1 Å². The van der Waals surface area contributed by atoms with Gasteiger partial charge in [0.15, 0.2) is 12.3 Å². The number of aromatic nitrogens is 2. The Hall–Kier alpha value is -2.44. The van der Waals surface area contributed by atoms with E-state index in [1.807, 2.05) is 42.5 Å². The van der Waals surface area contributed by atoms with Crippen LogP contribution in [0.3, 0.4) is 0 Å². The first-order valence-electron chi connectivity index (χ1n) is 7.45. The highest BCUT2D eigenvalue weighted by atomic mass is 32.1. The summed E-state index contributed by atoms with van der Waals surface area (Å²) >= 11 is 1.70. The van der Waals surface area contributed by atoms with Crippen LogP contribution in [0.15, 0.2) is 57.7 Å². The number of nitrogens with one attached hydrogen (secondary N) is 1. The summed E-state index contributed by atoms with van der Waals surface area (Å²) < 4.78 is 8.15. The Balaban J connectivity index is 1.58. The van der Waals surface area contributed by atoms with Gasteiger partial charge in [0.05, 0.1) is 22.8 Å². The van der Waals surface area contributed by atoms with Gasteiger partial charge >= 0.3 is 5.76 Å². The van der Waals surface area contributed by atoms with Gasteiger partial charge in [-0.05, 0) is 24.3 Å². The second-order valence-electron chi connectivity index (χ2n) is 5.63. The van der Waals surface area contributed by atoms with Crippen LogP contribution in [0.5, 0.6) is 0 Å². The molecule has 1 atom stereocenters. The number of para-hydroxylation sites is 3. The van der Waals surface area contributed by atoms with E-state index in [9.17, 15) is 4.79 Å². The highest BCUT2D eigenvalue weighted by Gasteiger charge is 2.14. The lowest BCUT2D eigenvalue weighted by atomic mass is 10.3. The number of benzene rings is 2. The van der Waals surface area contributed by atoms with Crippen LogP contribution in [0.2, 0.25) is 0 Å². The maximum Gasteiger partial charge on any atom is 0.424 e. The summed E-state index contributed by atoms with van der Waals surface area (Å²) in [6, 6.07) is 15.6. The van der Waals surface area contributed by atoms with E-state index in [0.717, 1.165) is 22.6 Å². The average Bonchev–Trinajstić information content (AvgIpc) is 3.08. The van der Waals surface area contributed by atoms with Gasteiger partial charge < -0.3 is 9.32 Å². The van der Waals surface area contributed by atoms with Crippen molar-refractivity contribution < 1.29 is 9.32 Å². The van der Waals surface area contributed by atoms with Crippen molar-refractivity contribution in [2.45, 2.75) is 13.2 Å². The first-order valence-corrected chi connectivity index (χ1v) is 8.26. The molecule has 116 valence electrons. The van der Waals surface area contributed by atoms with Gasteiger partial charge in [-0.3, -0.25) is 0 Å². The lowest BCUT2D eigenvalue weighted by Gasteiger charge is -2.12. The van der Waals surface area contributed by atoms with Crippen LogP contribution in [-0.2, 0) is 13.2 Å². The van der Waals surface area contributed by atoms with Crippen LogP contribution in [0.4, 0.5) is 0 Å². The molecule has 5 nitrogen and oxygen atoms in total. The Labute approximate surface area is 136 Å². The van der Waals surface area contributed by atoms with Crippen LogP contribution >= 0.6 is 11.3 Å². The molecule has 6 heteroatoms. The Kier molecular flexibility index (Phi) is 3.48. The van der Waals surface area contributed by atoms with Gasteiger partial charge in [-0.25, -0.2) is 14.3 Å². The van der Waals surface area contributed by atoms with Crippen LogP contribution in [0.1, 0.15) is 5.01 Å². The lowest BCUT2D eigenvalue weighted by Crippen LogP contribution is -3.07. The van der Waals surface area contributed by atoms with Crippen molar-refractivity contribution in [2.24, 2.45) is 0 Å². The molecule has 0 aliphatic heterocycles. The zero-order valence-electron chi connectivity index (χ0n) is 12.7. The second-order valence-corrected chi connectivity index (χ2v) is 6.75. The molecular weight excluding hydrogens is 310 g/mol. The molecule has 0 fully saturated rings. The van der Waals surface area contributed by atoms with Gasteiger partial charge in [-0.1, -0.05) is 24.3 Å². The molecule has 0 amide bonds. The summed E-state index contributed by atoms with van der Waals surface area (Å²) in [6.45, 7) is 1.32. The first kappa shape index (κ1) is 14.2. The normalized spacial score (nSPS) is 12.9. The molecule has 1 N–H and O–H groups in total. The Morgan fingerprint density at radius 3 is 2.83 bits per heavy atom. The third kappa shape index (κ3) is 2.67. The largest absolute Gasteiger partial charge is 0.424 e. The molecular formula is C17H16N3O2S+. The molecule has 0 saturated heterocycles. The summed E-state index contributed by atoms with van der Waals surface area (Å²) in [5, 5.41) is 1.07. The quantitative estimate of drug-likeness (QED) is 0.623. The standard InChI is InChI=1S/C17H15N3O2S/c1-19(10-16-18-12-6-2-5-9-15(12)23-16)11-20-13-7-3-4-8-14(13)22-17(20)21/h2-9H,10-11H2,1H3/p+1. The van der Waals surface area contributed by atoms with E-state index in [-0.39, 0.29) is 5.76 Å². The summed E-state index contributed by atoms with van der Waals surface area (Å²) in [4.78, 5) is 17.9. The van der Waals surface area contributed by atoms with Crippen LogP contribution in [-0.4, -0.2) is 16.6 Å². The van der Waals surface area contributed by atoms with Crippen molar-refractivity contribution in [3.63, 3.8) is 0 Å². The molecule has 0 saturated carbocycles. The number of thiazole rings is 1. The average molecular weight is 326 g/mol. The predicted molar refractivity (Wildman–Crippen MR) is 90.7 cm³/mol. The molecule has 0 aliphatic rings. The van der Waals surface area contributed by atoms with Gasteiger partial charge in [0.1, 0.15) is 11.6 Å². The van der Waals surface area contributed by atoms with Crippen LogP contribution in [0, 0.1) is 0 Å². The highest BCUT2D eigenvalue weighted by molar-refractivity contribution is 7.18. The number of fused-ring (bicyclic) bond motifs is 2. The molecule has 0 aliphatic carbocycles. The van der Waals surface area contributed by atoms with E-state index >= 15 is 0 Å². The highest BCUT2D eigenvalue weighted by Crippen LogP contribution is 2.20. The van der Waals surface area contributed by atoms with Gasteiger partial charge in [-0.2, -0.15) is 0 Å². The predicted octanol–water partition coefficient (Wildman–Crippen LogP) is 1.88. The molecule has 0 radical (unpaired) electrons. The molecule has 23 heavy (non-hydrogen) atoms. The summed E-state index contributed by atoms with van der Waals surface area (Å²) in [5.41, 5.74) is 2.50. The van der Waals surface area contributed by atoms with Gasteiger partial charge in [-0.15, -0.1) is 11.3 Å². The van der Waals surface area contributed by atoms with Gasteiger partial charge in [0, 0.05) is 0 Å². The molecule has 2 heterocycles. The van der Waals surface area contributed by atoms with E-state index in [1.54, 1.807) is 15.9 Å². The topological polar surface area (TPSA) is 52.5 Å². The van der Waals surface area contributed by atoms with Crippen molar-refractivity contribution in [2.75, 3.05) is 7.05 Å².